The Morgan fingerprint density at radius 3 is 0.516 bits per heavy atom. The van der Waals surface area contributed by atoms with Crippen LogP contribution in [0.1, 0.15) is 47.8 Å². The van der Waals surface area contributed by atoms with Gasteiger partial charge in [-0.2, -0.15) is 0 Å². The summed E-state index contributed by atoms with van der Waals surface area (Å²) in [6.07, 6.45) is 0. The van der Waals surface area contributed by atoms with Gasteiger partial charge in [-0.15, -0.1) is 0 Å². The quantitative estimate of drug-likeness (QED) is 0.0263. The zero-order valence-electron chi connectivity index (χ0n) is 71.3. The van der Waals surface area contributed by atoms with Gasteiger partial charge >= 0.3 is 53.7 Å². The normalized spacial score (nSPS) is 16.6. The molecule has 0 atom stereocenters. The number of nitrogens with one attached hydrogen (secondary N) is 3. The van der Waals surface area contributed by atoms with Crippen molar-refractivity contribution in [2.45, 2.75) is 20.8 Å². The molecule has 0 unspecified atom stereocenters. The Bertz CT molecular complexity index is 3910. The molecule has 3 aliphatic heterocycles. The predicted molar refractivity (Wildman–Crippen MR) is 450 cm³/mol. The van der Waals surface area contributed by atoms with Gasteiger partial charge in [-0.1, -0.05) is 18.2 Å². The molecule has 3 saturated heterocycles. The summed E-state index contributed by atoms with van der Waals surface area (Å²) >= 11 is 0. The molecule has 0 radical (unpaired) electrons. The van der Waals surface area contributed by atoms with Gasteiger partial charge in [0, 0.05) is 349 Å². The molecular weight excluding hydrogens is 2080 g/mol. The van der Waals surface area contributed by atoms with Gasteiger partial charge in [-0.3, -0.25) is 131 Å². The first-order valence-electron chi connectivity index (χ1n) is 40.1. The summed E-state index contributed by atoms with van der Waals surface area (Å²) < 4.78 is 0. The summed E-state index contributed by atoms with van der Waals surface area (Å²) in [6, 6.07) is 18.8. The smallest absolute Gasteiger partial charge is 0.317 e. The Labute approximate surface area is 826 Å². The second-order valence-electron chi connectivity index (χ2n) is 30.7. The minimum absolute atomic E-state index is 0. The molecule has 7 rings (SSSR count). The zero-order valence-corrected chi connectivity index (χ0v) is 78.1. The summed E-state index contributed by atoms with van der Waals surface area (Å²) in [5.74, 6) is -13.9. The van der Waals surface area contributed by atoms with Crippen LogP contribution in [0.15, 0.2) is 72.8 Å². The van der Waals surface area contributed by atoms with E-state index in [1.165, 1.54) is 54.0 Å². The first-order valence-corrected chi connectivity index (χ1v) is 40.1. The van der Waals surface area contributed by atoms with Crippen molar-refractivity contribution in [3.05, 3.63) is 106 Å². The van der Waals surface area contributed by atoms with Gasteiger partial charge in [-0.25, -0.2) is 0 Å². The molecule has 3 heterocycles. The molecule has 0 aromatic heterocycles. The third-order valence-corrected chi connectivity index (χ3v) is 21.5. The van der Waals surface area contributed by atoms with Crippen LogP contribution in [0.2, 0.25) is 0 Å². The van der Waals surface area contributed by atoms with Crippen molar-refractivity contribution >= 4 is 123 Å². The van der Waals surface area contributed by atoms with Crippen molar-refractivity contribution in [1.82, 2.24) is 58.8 Å². The van der Waals surface area contributed by atoms with Gasteiger partial charge in [0.2, 0.25) is 17.7 Å². The van der Waals surface area contributed by atoms with E-state index in [1.807, 2.05) is 0 Å². The molecule has 6 amide bonds. The van der Waals surface area contributed by atoms with Crippen molar-refractivity contribution in [3.63, 3.8) is 0 Å². The standard InChI is InChI=1S/C81H114N18O24.3Gd/c1-55-76(79(121)85(4)61-13-7-10-58(40-61)82-64(100)43-88-16-22-91(46-67(103)104)28-34-97(52-73(115)116)35-29-92(23-17-88)47-68(105)106)56(2)78(81(123)87(6)63-15-9-12-60(42-63)84-66(102)45-90-20-26-95(50-71(111)112)32-38-99(54-75(119)120)39-33-96(27-21-90)51-72(113)114)57(3)77(55)80(122)86(5)62-14-8-11-59(41-62)83-65(101)44-89-18-24-93(48-69(107)108)30-36-98(53-74(117)118)37-31-94(25-19-89)49-70(109)110;;;/h7-15,40-42H,16-39,43-54H2,1-6H3,(H,82,100)(H,83,101)(H,84,102)(H,103,104)(H,105,106)(H,107,108)(H,109,110)(H,111,112)(H,113,114)(H,115,116)(H,117,118)(H,119,120);;;. The molecule has 0 spiro atoms. The first-order chi connectivity index (χ1) is 58.3. The van der Waals surface area contributed by atoms with Crippen LogP contribution in [-0.4, -0.2) is 451 Å². The van der Waals surface area contributed by atoms with E-state index >= 15 is 14.4 Å². The predicted octanol–water partition coefficient (Wildman–Crippen LogP) is -1.32. The number of benzene rings is 4. The number of carbonyl (C=O) groups excluding carboxylic acids is 6. The summed E-state index contributed by atoms with van der Waals surface area (Å²) in [7, 11) is 4.35. The number of carboxylic acid groups (broad SMARTS) is 9. The monoisotopic (exact) mass is 2200 g/mol. The van der Waals surface area contributed by atoms with Crippen LogP contribution in [0, 0.1) is 141 Å². The van der Waals surface area contributed by atoms with Crippen LogP contribution in [0.4, 0.5) is 34.1 Å². The number of carbonyl (C=O) groups is 15. The summed E-state index contributed by atoms with van der Waals surface area (Å²) in [5, 5.41) is 96.2. The number of hydrogen-bond acceptors (Lipinski definition) is 27. The maximum Gasteiger partial charge on any atom is 0.317 e. The van der Waals surface area contributed by atoms with Gasteiger partial charge in [0.25, 0.3) is 17.7 Å². The number of aliphatic carboxylic acids is 9. The van der Waals surface area contributed by atoms with Crippen LogP contribution in [-0.2, 0) is 57.5 Å². The van der Waals surface area contributed by atoms with Crippen molar-refractivity contribution in [2.75, 3.05) is 287 Å². The van der Waals surface area contributed by atoms with Crippen LogP contribution in [0.3, 0.4) is 0 Å². The second kappa shape index (κ2) is 55.4. The van der Waals surface area contributed by atoms with E-state index in [2.05, 4.69) is 16.0 Å². The van der Waals surface area contributed by atoms with Crippen molar-refractivity contribution in [1.29, 1.82) is 0 Å². The number of nitrogens with zero attached hydrogens (tertiary/aromatic N) is 15. The first kappa shape index (κ1) is 111. The number of rotatable bonds is 33. The van der Waals surface area contributed by atoms with Crippen molar-refractivity contribution in [3.8, 4) is 0 Å². The summed E-state index contributed by atoms with van der Waals surface area (Å²) in [6.45, 7) is 4.12. The maximum atomic E-state index is 15.7. The topological polar surface area (TPSA) is 523 Å². The Hall–Kier alpha value is -7.58. The van der Waals surface area contributed by atoms with E-state index in [9.17, 15) is 103 Å². The molecule has 3 fully saturated rings. The fourth-order valence-electron chi connectivity index (χ4n) is 15.0. The van der Waals surface area contributed by atoms with Crippen molar-refractivity contribution in [2.24, 2.45) is 0 Å². The Balaban J connectivity index is 0.0000111. The maximum absolute atomic E-state index is 15.7. The van der Waals surface area contributed by atoms with Gasteiger partial charge in [0.1, 0.15) is 0 Å². The Morgan fingerprint density at radius 1 is 0.246 bits per heavy atom. The van der Waals surface area contributed by atoms with Crippen LogP contribution < -0.4 is 30.7 Å². The molecule has 45 heteroatoms. The third kappa shape index (κ3) is 37.9. The second-order valence-corrected chi connectivity index (χ2v) is 30.7. The molecule has 42 nitrogen and oxygen atoms in total. The Kier molecular flexibility index (Phi) is 48.7. The minimum Gasteiger partial charge on any atom is -0.480 e. The van der Waals surface area contributed by atoms with Gasteiger partial charge in [-0.05, 0) is 92.1 Å². The number of anilines is 6. The molecule has 696 valence electrons. The van der Waals surface area contributed by atoms with Gasteiger partial charge in [0.15, 0.2) is 0 Å². The molecule has 3 aliphatic rings. The molecule has 4 aromatic carbocycles. The summed E-state index contributed by atoms with van der Waals surface area (Å²) in [5.41, 5.74) is 1.54. The van der Waals surface area contributed by atoms with Gasteiger partial charge in [0.05, 0.1) is 78.5 Å². The molecule has 126 heavy (non-hydrogen) atoms. The average Bonchev–Trinajstić information content (AvgIpc) is 0.745. The molecule has 0 aliphatic carbocycles. The van der Waals surface area contributed by atoms with E-state index in [1.54, 1.807) is 134 Å². The fourth-order valence-corrected chi connectivity index (χ4v) is 15.0. The van der Waals surface area contributed by atoms with Gasteiger partial charge < -0.3 is 76.6 Å². The van der Waals surface area contributed by atoms with E-state index < -0.39 is 89.2 Å². The number of carboxylic acids is 9. The van der Waals surface area contributed by atoms with E-state index in [0.717, 1.165) is 0 Å². The number of amides is 6. The Morgan fingerprint density at radius 2 is 0.381 bits per heavy atom. The third-order valence-electron chi connectivity index (χ3n) is 21.5. The summed E-state index contributed by atoms with van der Waals surface area (Å²) in [4.78, 5) is 220. The number of hydrogen-bond donors (Lipinski definition) is 12. The van der Waals surface area contributed by atoms with Crippen LogP contribution in [0.5, 0.6) is 0 Å². The molecule has 4 aromatic rings. The van der Waals surface area contributed by atoms with Crippen LogP contribution in [0.25, 0.3) is 0 Å². The molecule has 12 N–H and O–H groups in total. The van der Waals surface area contributed by atoms with E-state index in [4.69, 9.17) is 0 Å². The fraction of sp³-hybridized carbons (Fsp3) is 0.519. The van der Waals surface area contributed by atoms with E-state index in [-0.39, 0.29) is 423 Å². The molecular formula is C81H114Gd3N18O24. The van der Waals surface area contributed by atoms with Crippen molar-refractivity contribution < 1.29 is 238 Å². The SMILES string of the molecule is Cc1c(C(=O)N(C)c2cccc(NC(=O)CN3CCN(CC(=O)O)CCN(CC(=O)O)CCN(CC(=O)O)CC3)c2)c(C)c(C(=O)N(C)c2cccc(NC(=O)CN3CCN(CC(=O)O)CCN(CC(=O)O)CCN(CC(=O)O)CC3)c2)c(C)c1C(=O)N(C)c1cccc(NC(=O)CN2CCN(CC(=O)O)CCN(CC(=O)O)CCN(CC(=O)O)CC2)c1.[Gd].[Gd].[Gd]. The minimum atomic E-state index is -1.13. The van der Waals surface area contributed by atoms with E-state index in [0.29, 0.717) is 0 Å². The zero-order chi connectivity index (χ0) is 90.3. The van der Waals surface area contributed by atoms with Crippen LogP contribution >= 0.6 is 0 Å². The molecule has 0 bridgehead atoms. The average molecular weight is 2200 g/mol. The largest absolute Gasteiger partial charge is 0.480 e. The molecule has 0 saturated carbocycles.